The molecule has 210 valence electrons. The average molecular weight is 534 g/mol. The number of carbonyl (C=O) groups is 1. The molecule has 1 atom stereocenters. The van der Waals surface area contributed by atoms with Gasteiger partial charge in [0.15, 0.2) is 0 Å². The molecule has 0 fully saturated rings. The third-order valence-corrected chi connectivity index (χ3v) is 7.77. The topological polar surface area (TPSA) is 43.4 Å². The second-order valence-electron chi connectivity index (χ2n) is 11.1. The van der Waals surface area contributed by atoms with Crippen LogP contribution in [0.2, 0.25) is 0 Å². The molecule has 0 aliphatic heterocycles. The van der Waals surface area contributed by atoms with E-state index in [1.54, 1.807) is 0 Å². The van der Waals surface area contributed by atoms with Gasteiger partial charge in [0.2, 0.25) is 0 Å². The first kappa shape index (κ1) is 39.2. The summed E-state index contributed by atoms with van der Waals surface area (Å²) in [5.41, 5.74) is 0. The number of carbonyl (C=O) groups excluding carboxylic acids is 1. The quantitative estimate of drug-likeness (QED) is 0.0846. The van der Waals surface area contributed by atoms with Crippen LogP contribution in [0.1, 0.15) is 181 Å². The minimum atomic E-state index is -0.896. The molecule has 0 aromatic rings. The molecule has 0 aromatic heterocycles. The van der Waals surface area contributed by atoms with E-state index in [-0.39, 0.29) is 57.8 Å². The van der Waals surface area contributed by atoms with E-state index >= 15 is 0 Å². The van der Waals surface area contributed by atoms with Crippen LogP contribution in [0.15, 0.2) is 0 Å². The number of carboxylic acids is 1. The molecule has 0 saturated carbocycles. The number of carboxylic acid groups (broad SMARTS) is 1. The van der Waals surface area contributed by atoms with Crippen LogP contribution in [-0.2, 0) is 4.79 Å². The Morgan fingerprint density at radius 2 is 0.861 bits per heavy atom. The smallest absolute Gasteiger partial charge is 0.550 e. The third-order valence-electron chi connectivity index (χ3n) is 7.77. The van der Waals surface area contributed by atoms with Gasteiger partial charge in [0.1, 0.15) is 0 Å². The van der Waals surface area contributed by atoms with Gasteiger partial charge in [0.25, 0.3) is 0 Å². The van der Waals surface area contributed by atoms with E-state index < -0.39 is 5.97 Å². The Hall–Kier alpha value is 1.07. The van der Waals surface area contributed by atoms with Gasteiger partial charge < -0.3 is 14.8 Å². The van der Waals surface area contributed by atoms with Gasteiger partial charge in [0, 0.05) is 12.0 Å². The Morgan fingerprint density at radius 3 is 1.14 bits per heavy atom. The van der Waals surface area contributed by atoms with Gasteiger partial charge in [-0.05, 0) is 45.2 Å². The Morgan fingerprint density at radius 1 is 0.556 bits per heavy atom. The molecule has 0 N–H and O–H groups in total. The Labute approximate surface area is 270 Å². The standard InChI is InChI=1S/C32H65NO2.K/c1-4-7-9-11-13-15-17-19-21-23-25-29-33(31(6-3)27-28-32(34)35)30-26-24-22-20-18-16-14-12-10-8-5-2;/h31H,4-30H2,1-3H3,(H,34,35);/q;+1/p-1. The van der Waals surface area contributed by atoms with Crippen molar-refractivity contribution >= 4 is 5.97 Å². The molecule has 0 saturated heterocycles. The summed E-state index contributed by atoms with van der Waals surface area (Å²) in [5, 5.41) is 11.0. The normalized spacial score (nSPS) is 12.1. The number of rotatable bonds is 29. The molecule has 36 heavy (non-hydrogen) atoms. The van der Waals surface area contributed by atoms with Crippen molar-refractivity contribution in [3.63, 3.8) is 0 Å². The van der Waals surface area contributed by atoms with Gasteiger partial charge in [-0.1, -0.05) is 149 Å². The summed E-state index contributed by atoms with van der Waals surface area (Å²) in [4.78, 5) is 13.6. The molecule has 0 bridgehead atoms. The molecular weight excluding hydrogens is 469 g/mol. The summed E-state index contributed by atoms with van der Waals surface area (Å²) < 4.78 is 0. The zero-order valence-corrected chi connectivity index (χ0v) is 28.6. The number of unbranched alkanes of at least 4 members (excludes halogenated alkanes) is 20. The number of nitrogens with zero attached hydrogens (tertiary/aromatic N) is 1. The van der Waals surface area contributed by atoms with Crippen molar-refractivity contribution in [2.24, 2.45) is 0 Å². The molecule has 0 amide bonds. The second-order valence-corrected chi connectivity index (χ2v) is 11.1. The Balaban J connectivity index is 0. The fraction of sp³-hybridized carbons (Fsp3) is 0.969. The molecule has 0 spiro atoms. The van der Waals surface area contributed by atoms with E-state index in [4.69, 9.17) is 0 Å². The van der Waals surface area contributed by atoms with Gasteiger partial charge in [0.05, 0.1) is 0 Å². The van der Waals surface area contributed by atoms with E-state index in [0.717, 1.165) is 25.9 Å². The minimum Gasteiger partial charge on any atom is -0.550 e. The van der Waals surface area contributed by atoms with Crippen molar-refractivity contribution < 1.29 is 61.3 Å². The minimum absolute atomic E-state index is 0. The van der Waals surface area contributed by atoms with Crippen molar-refractivity contribution in [1.29, 1.82) is 0 Å². The molecule has 0 heterocycles. The number of hydrogen-bond donors (Lipinski definition) is 0. The van der Waals surface area contributed by atoms with Crippen LogP contribution in [0.25, 0.3) is 0 Å². The summed E-state index contributed by atoms with van der Waals surface area (Å²) in [5.74, 6) is -0.896. The summed E-state index contributed by atoms with van der Waals surface area (Å²) in [6.07, 6.45) is 32.3. The first-order chi connectivity index (χ1) is 17.2. The van der Waals surface area contributed by atoms with Crippen LogP contribution < -0.4 is 56.5 Å². The summed E-state index contributed by atoms with van der Waals surface area (Å²) >= 11 is 0. The van der Waals surface area contributed by atoms with Crippen LogP contribution in [0.4, 0.5) is 0 Å². The van der Waals surface area contributed by atoms with E-state index in [1.165, 1.54) is 141 Å². The van der Waals surface area contributed by atoms with Gasteiger partial charge in [-0.15, -0.1) is 0 Å². The van der Waals surface area contributed by atoms with E-state index in [2.05, 4.69) is 25.7 Å². The fourth-order valence-electron chi connectivity index (χ4n) is 5.36. The SMILES string of the molecule is CCCCCCCCCCCCCN(CCCCCCCCCCCCC)C(CC)CCC(=O)[O-].[K+]. The monoisotopic (exact) mass is 533 g/mol. The first-order valence-electron chi connectivity index (χ1n) is 16.1. The summed E-state index contributed by atoms with van der Waals surface area (Å²) in [6, 6.07) is 0.402. The molecule has 0 aliphatic rings. The van der Waals surface area contributed by atoms with Gasteiger partial charge in [-0.2, -0.15) is 0 Å². The Bertz CT molecular complexity index is 406. The molecular formula is C32H64KNO2. The molecule has 0 aliphatic carbocycles. The van der Waals surface area contributed by atoms with Crippen molar-refractivity contribution in [2.75, 3.05) is 13.1 Å². The molecule has 4 heteroatoms. The summed E-state index contributed by atoms with van der Waals surface area (Å²) in [6.45, 7) is 9.06. The first-order valence-corrected chi connectivity index (χ1v) is 16.1. The van der Waals surface area contributed by atoms with Crippen molar-refractivity contribution in [1.82, 2.24) is 4.90 Å². The number of aliphatic carboxylic acids is 1. The van der Waals surface area contributed by atoms with Gasteiger partial charge in [-0.25, -0.2) is 0 Å². The zero-order chi connectivity index (χ0) is 25.8. The molecule has 0 aromatic carbocycles. The van der Waals surface area contributed by atoms with Gasteiger partial charge in [-0.3, -0.25) is 0 Å². The van der Waals surface area contributed by atoms with Crippen molar-refractivity contribution in [2.45, 2.75) is 187 Å². The molecule has 0 rings (SSSR count). The van der Waals surface area contributed by atoms with E-state index in [9.17, 15) is 9.90 Å². The largest absolute Gasteiger partial charge is 1.00 e. The average Bonchev–Trinajstić information content (AvgIpc) is 2.85. The van der Waals surface area contributed by atoms with Crippen LogP contribution in [-0.4, -0.2) is 30.0 Å². The van der Waals surface area contributed by atoms with Crippen LogP contribution >= 0.6 is 0 Å². The molecule has 0 radical (unpaired) electrons. The predicted octanol–water partition coefficient (Wildman–Crippen LogP) is 6.22. The number of hydrogen-bond acceptors (Lipinski definition) is 3. The maximum Gasteiger partial charge on any atom is 1.00 e. The van der Waals surface area contributed by atoms with Crippen LogP contribution in [0.3, 0.4) is 0 Å². The van der Waals surface area contributed by atoms with E-state index in [1.807, 2.05) is 0 Å². The Kier molecular flexibility index (Phi) is 35.2. The predicted molar refractivity (Wildman–Crippen MR) is 153 cm³/mol. The van der Waals surface area contributed by atoms with E-state index in [0.29, 0.717) is 6.04 Å². The van der Waals surface area contributed by atoms with Crippen LogP contribution in [0.5, 0.6) is 0 Å². The van der Waals surface area contributed by atoms with Crippen molar-refractivity contribution in [3.8, 4) is 0 Å². The van der Waals surface area contributed by atoms with Gasteiger partial charge >= 0.3 is 51.4 Å². The third kappa shape index (κ3) is 28.1. The van der Waals surface area contributed by atoms with Crippen molar-refractivity contribution in [3.05, 3.63) is 0 Å². The van der Waals surface area contributed by atoms with Crippen LogP contribution in [0, 0.1) is 0 Å². The molecule has 1 unspecified atom stereocenters. The second kappa shape index (κ2) is 32.3. The molecule has 3 nitrogen and oxygen atoms in total. The maximum absolute atomic E-state index is 11.0. The zero-order valence-electron chi connectivity index (χ0n) is 25.4. The maximum atomic E-state index is 11.0. The summed E-state index contributed by atoms with van der Waals surface area (Å²) in [7, 11) is 0. The fourth-order valence-corrected chi connectivity index (χ4v) is 5.36.